The minimum atomic E-state index is -0.378. The van der Waals surface area contributed by atoms with Gasteiger partial charge in [0.25, 0.3) is 5.56 Å². The molecule has 0 fully saturated rings. The van der Waals surface area contributed by atoms with Crippen molar-refractivity contribution in [2.24, 2.45) is 12.2 Å². The third kappa shape index (κ3) is 3.04. The van der Waals surface area contributed by atoms with Gasteiger partial charge in [0, 0.05) is 7.05 Å². The maximum absolute atomic E-state index is 12.7. The first-order valence-electron chi connectivity index (χ1n) is 8.11. The van der Waals surface area contributed by atoms with Crippen LogP contribution in [-0.2, 0) is 26.3 Å². The molecule has 0 saturated carbocycles. The second-order valence-electron chi connectivity index (χ2n) is 5.63. The van der Waals surface area contributed by atoms with Crippen LogP contribution < -0.4 is 5.56 Å². The van der Waals surface area contributed by atoms with Crippen LogP contribution >= 0.6 is 0 Å². The standard InChI is InChI=1S/C18H23N3O3/c1-5-11-8-12(6-2)15(13(7-3)9-11)16-17(22)14(10-19-24)20-21(4)18(16)23/h8-10,22,24H,5-7H2,1-4H3/b19-10-. The van der Waals surface area contributed by atoms with Crippen LogP contribution in [0.1, 0.15) is 43.2 Å². The average molecular weight is 329 g/mol. The van der Waals surface area contributed by atoms with Gasteiger partial charge >= 0.3 is 0 Å². The number of oxime groups is 1. The zero-order valence-electron chi connectivity index (χ0n) is 14.5. The van der Waals surface area contributed by atoms with Crippen molar-refractivity contribution < 1.29 is 10.3 Å². The van der Waals surface area contributed by atoms with E-state index in [1.807, 2.05) is 13.8 Å². The predicted molar refractivity (Wildman–Crippen MR) is 94.1 cm³/mol. The molecule has 0 saturated heterocycles. The molecule has 24 heavy (non-hydrogen) atoms. The summed E-state index contributed by atoms with van der Waals surface area (Å²) in [6, 6.07) is 4.15. The van der Waals surface area contributed by atoms with E-state index in [1.54, 1.807) is 0 Å². The van der Waals surface area contributed by atoms with Gasteiger partial charge in [-0.05, 0) is 41.5 Å². The van der Waals surface area contributed by atoms with Gasteiger partial charge in [-0.2, -0.15) is 5.10 Å². The number of hydrogen-bond acceptors (Lipinski definition) is 5. The summed E-state index contributed by atoms with van der Waals surface area (Å²) in [6.45, 7) is 6.14. The molecule has 0 aliphatic carbocycles. The van der Waals surface area contributed by atoms with Gasteiger partial charge in [0.15, 0.2) is 5.75 Å². The Balaban J connectivity index is 2.93. The first-order chi connectivity index (χ1) is 11.5. The Morgan fingerprint density at radius 3 is 2.17 bits per heavy atom. The van der Waals surface area contributed by atoms with Crippen LogP contribution in [-0.4, -0.2) is 26.3 Å². The topological polar surface area (TPSA) is 87.7 Å². The van der Waals surface area contributed by atoms with E-state index >= 15 is 0 Å². The van der Waals surface area contributed by atoms with E-state index in [9.17, 15) is 9.90 Å². The van der Waals surface area contributed by atoms with Crippen LogP contribution in [0.25, 0.3) is 11.1 Å². The second kappa shape index (κ2) is 7.29. The van der Waals surface area contributed by atoms with Crippen molar-refractivity contribution in [1.29, 1.82) is 0 Å². The maximum Gasteiger partial charge on any atom is 0.278 e. The monoisotopic (exact) mass is 329 g/mol. The van der Waals surface area contributed by atoms with Gasteiger partial charge in [0.1, 0.15) is 5.69 Å². The number of hydrogen-bond donors (Lipinski definition) is 2. The van der Waals surface area contributed by atoms with E-state index in [4.69, 9.17) is 5.21 Å². The molecule has 0 amide bonds. The van der Waals surface area contributed by atoms with Crippen LogP contribution in [0.2, 0.25) is 0 Å². The first kappa shape index (κ1) is 17.7. The third-order valence-corrected chi connectivity index (χ3v) is 4.21. The highest BCUT2D eigenvalue weighted by molar-refractivity contribution is 5.87. The quantitative estimate of drug-likeness (QED) is 0.501. The van der Waals surface area contributed by atoms with Crippen molar-refractivity contribution in [3.63, 3.8) is 0 Å². The fourth-order valence-electron chi connectivity index (χ4n) is 2.94. The number of aromatic hydroxyl groups is 1. The van der Waals surface area contributed by atoms with Gasteiger partial charge in [0.05, 0.1) is 11.8 Å². The van der Waals surface area contributed by atoms with Gasteiger partial charge in [-0.15, -0.1) is 0 Å². The zero-order chi connectivity index (χ0) is 17.9. The van der Waals surface area contributed by atoms with Gasteiger partial charge < -0.3 is 10.3 Å². The van der Waals surface area contributed by atoms with E-state index < -0.39 is 0 Å². The van der Waals surface area contributed by atoms with Crippen LogP contribution in [0.5, 0.6) is 5.75 Å². The zero-order valence-corrected chi connectivity index (χ0v) is 14.5. The van der Waals surface area contributed by atoms with Gasteiger partial charge in [0.2, 0.25) is 0 Å². The predicted octanol–water partition coefficient (Wildman–Crippen LogP) is 2.65. The summed E-state index contributed by atoms with van der Waals surface area (Å²) in [5, 5.41) is 26.2. The third-order valence-electron chi connectivity index (χ3n) is 4.21. The van der Waals surface area contributed by atoms with E-state index in [2.05, 4.69) is 29.3 Å². The molecule has 2 rings (SSSR count). The van der Waals surface area contributed by atoms with Crippen molar-refractivity contribution in [3.05, 3.63) is 44.9 Å². The molecule has 2 aromatic rings. The molecular formula is C18H23N3O3. The Labute approximate surface area is 141 Å². The second-order valence-corrected chi connectivity index (χ2v) is 5.63. The fraction of sp³-hybridized carbons (Fsp3) is 0.389. The van der Waals surface area contributed by atoms with E-state index in [-0.39, 0.29) is 22.6 Å². The first-order valence-corrected chi connectivity index (χ1v) is 8.11. The number of benzene rings is 1. The SMILES string of the molecule is CCc1cc(CC)c(-c2c(O)c(/C=N\O)nn(C)c2=O)c(CC)c1. The molecule has 0 bridgehead atoms. The summed E-state index contributed by atoms with van der Waals surface area (Å²) < 4.78 is 1.15. The Bertz CT molecular complexity index is 813. The Morgan fingerprint density at radius 1 is 1.12 bits per heavy atom. The molecule has 128 valence electrons. The number of aryl methyl sites for hydroxylation is 4. The lowest BCUT2D eigenvalue weighted by molar-refractivity contribution is 0.321. The van der Waals surface area contributed by atoms with E-state index in [0.717, 1.165) is 46.8 Å². The normalized spacial score (nSPS) is 11.3. The molecule has 0 aliphatic rings. The molecule has 0 spiro atoms. The average Bonchev–Trinajstić information content (AvgIpc) is 2.59. The minimum absolute atomic E-state index is 0.0540. The highest BCUT2D eigenvalue weighted by Crippen LogP contribution is 2.34. The summed E-state index contributed by atoms with van der Waals surface area (Å²) in [7, 11) is 1.51. The minimum Gasteiger partial charge on any atom is -0.505 e. The molecule has 2 N–H and O–H groups in total. The smallest absolute Gasteiger partial charge is 0.278 e. The summed E-state index contributed by atoms with van der Waals surface area (Å²) in [5.41, 5.74) is 3.86. The molecule has 6 nitrogen and oxygen atoms in total. The van der Waals surface area contributed by atoms with Crippen LogP contribution in [0, 0.1) is 0 Å². The van der Waals surface area contributed by atoms with Crippen molar-refractivity contribution >= 4 is 6.21 Å². The fourth-order valence-corrected chi connectivity index (χ4v) is 2.94. The van der Waals surface area contributed by atoms with Crippen molar-refractivity contribution in [2.75, 3.05) is 0 Å². The Morgan fingerprint density at radius 2 is 1.71 bits per heavy atom. The van der Waals surface area contributed by atoms with Crippen LogP contribution in [0.4, 0.5) is 0 Å². The van der Waals surface area contributed by atoms with E-state index in [0.29, 0.717) is 0 Å². The molecule has 6 heteroatoms. The summed E-state index contributed by atoms with van der Waals surface area (Å²) in [5.74, 6) is -0.260. The summed E-state index contributed by atoms with van der Waals surface area (Å²) in [6.07, 6.45) is 3.41. The van der Waals surface area contributed by atoms with Crippen molar-refractivity contribution in [3.8, 4) is 16.9 Å². The van der Waals surface area contributed by atoms with Gasteiger partial charge in [-0.1, -0.05) is 38.1 Å². The number of rotatable bonds is 5. The summed E-state index contributed by atoms with van der Waals surface area (Å²) in [4.78, 5) is 12.7. The molecule has 1 aromatic heterocycles. The largest absolute Gasteiger partial charge is 0.505 e. The van der Waals surface area contributed by atoms with Crippen molar-refractivity contribution in [2.45, 2.75) is 40.0 Å². The molecule has 0 unspecified atom stereocenters. The van der Waals surface area contributed by atoms with Gasteiger partial charge in [-0.25, -0.2) is 4.68 Å². The maximum atomic E-state index is 12.7. The molecule has 1 aromatic carbocycles. The molecule has 0 radical (unpaired) electrons. The number of aromatic nitrogens is 2. The highest BCUT2D eigenvalue weighted by Gasteiger charge is 2.21. The van der Waals surface area contributed by atoms with Crippen LogP contribution in [0.3, 0.4) is 0 Å². The van der Waals surface area contributed by atoms with Crippen molar-refractivity contribution in [1.82, 2.24) is 9.78 Å². The summed E-state index contributed by atoms with van der Waals surface area (Å²) >= 11 is 0. The molecule has 0 atom stereocenters. The molecular weight excluding hydrogens is 306 g/mol. The van der Waals surface area contributed by atoms with Crippen LogP contribution in [0.15, 0.2) is 22.1 Å². The Hall–Kier alpha value is -2.63. The van der Waals surface area contributed by atoms with Gasteiger partial charge in [-0.3, -0.25) is 4.79 Å². The number of nitrogens with zero attached hydrogens (tertiary/aromatic N) is 3. The lowest BCUT2D eigenvalue weighted by Gasteiger charge is -2.17. The van der Waals surface area contributed by atoms with E-state index in [1.165, 1.54) is 12.6 Å². The molecule has 0 aliphatic heterocycles. The lowest BCUT2D eigenvalue weighted by Crippen LogP contribution is -2.24. The Kier molecular flexibility index (Phi) is 5.39. The molecule has 1 heterocycles. The lowest BCUT2D eigenvalue weighted by atomic mass is 9.89. The highest BCUT2D eigenvalue weighted by atomic mass is 16.4.